The summed E-state index contributed by atoms with van der Waals surface area (Å²) >= 11 is 0. The van der Waals surface area contributed by atoms with Crippen molar-refractivity contribution in [2.45, 2.75) is 52.3 Å². The van der Waals surface area contributed by atoms with Crippen LogP contribution in [0.15, 0.2) is 0 Å². The van der Waals surface area contributed by atoms with Crippen molar-refractivity contribution in [3.05, 3.63) is 0 Å². The lowest BCUT2D eigenvalue weighted by Gasteiger charge is -2.21. The molecule has 0 aromatic carbocycles. The number of hydrogen-bond acceptors (Lipinski definition) is 6. The zero-order valence-electron chi connectivity index (χ0n) is 15.5. The van der Waals surface area contributed by atoms with E-state index in [1.54, 1.807) is 20.8 Å². The van der Waals surface area contributed by atoms with E-state index in [1.807, 2.05) is 0 Å². The minimum Gasteiger partial charge on any atom is -0.480 e. The first-order valence-corrected chi connectivity index (χ1v) is 7.88. The van der Waals surface area contributed by atoms with Gasteiger partial charge in [-0.2, -0.15) is 0 Å². The summed E-state index contributed by atoms with van der Waals surface area (Å²) in [5.41, 5.74) is -0.711. The Morgan fingerprint density at radius 1 is 0.885 bits per heavy atom. The van der Waals surface area contributed by atoms with Crippen LogP contribution in [0.2, 0.25) is 0 Å². The van der Waals surface area contributed by atoms with Gasteiger partial charge in [0.05, 0.1) is 6.54 Å². The molecular formula is C15H26N4O7. The molecule has 0 aromatic heterocycles. The number of carboxylic acids is 1. The second-order valence-corrected chi connectivity index (χ2v) is 6.49. The Bertz CT molecular complexity index is 557. The third-order valence-corrected chi connectivity index (χ3v) is 2.73. The van der Waals surface area contributed by atoms with Gasteiger partial charge in [0.2, 0.25) is 17.7 Å². The van der Waals surface area contributed by atoms with E-state index in [-0.39, 0.29) is 0 Å². The topological polar surface area (TPSA) is 163 Å². The highest BCUT2D eigenvalue weighted by Gasteiger charge is 2.22. The first-order chi connectivity index (χ1) is 11.8. The van der Waals surface area contributed by atoms with E-state index in [1.165, 1.54) is 13.8 Å². The smallest absolute Gasteiger partial charge is 0.408 e. The lowest BCUT2D eigenvalue weighted by Crippen LogP contribution is -2.51. The molecule has 0 radical (unpaired) electrons. The molecule has 0 saturated heterocycles. The summed E-state index contributed by atoms with van der Waals surface area (Å²) in [7, 11) is 0. The van der Waals surface area contributed by atoms with E-state index in [4.69, 9.17) is 9.84 Å². The van der Waals surface area contributed by atoms with Gasteiger partial charge in [-0.3, -0.25) is 19.2 Å². The van der Waals surface area contributed by atoms with Gasteiger partial charge in [-0.15, -0.1) is 0 Å². The van der Waals surface area contributed by atoms with E-state index < -0.39 is 60.6 Å². The number of aliphatic carboxylic acids is 1. The number of ether oxygens (including phenoxy) is 1. The molecule has 0 bridgehead atoms. The van der Waals surface area contributed by atoms with Crippen LogP contribution in [-0.2, 0) is 23.9 Å². The number of hydrogen-bond donors (Lipinski definition) is 5. The van der Waals surface area contributed by atoms with Crippen molar-refractivity contribution in [2.75, 3.05) is 13.1 Å². The fourth-order valence-corrected chi connectivity index (χ4v) is 1.54. The number of carbonyl (C=O) groups excluding carboxylic acids is 4. The quantitative estimate of drug-likeness (QED) is 0.353. The Hall–Kier alpha value is -2.85. The molecule has 148 valence electrons. The maximum atomic E-state index is 11.8. The summed E-state index contributed by atoms with van der Waals surface area (Å²) in [6, 6.07) is -1.91. The van der Waals surface area contributed by atoms with Gasteiger partial charge < -0.3 is 31.1 Å². The maximum Gasteiger partial charge on any atom is 0.408 e. The molecule has 0 fully saturated rings. The molecule has 0 saturated carbocycles. The zero-order chi connectivity index (χ0) is 20.5. The summed E-state index contributed by atoms with van der Waals surface area (Å²) < 4.78 is 5.01. The summed E-state index contributed by atoms with van der Waals surface area (Å²) in [5.74, 6) is -3.16. The highest BCUT2D eigenvalue weighted by Crippen LogP contribution is 2.06. The molecule has 0 unspecified atom stereocenters. The van der Waals surface area contributed by atoms with Crippen molar-refractivity contribution >= 4 is 29.8 Å². The second kappa shape index (κ2) is 10.2. The largest absolute Gasteiger partial charge is 0.480 e. The van der Waals surface area contributed by atoms with Gasteiger partial charge >= 0.3 is 12.1 Å². The minimum absolute atomic E-state index is 0.421. The van der Waals surface area contributed by atoms with Crippen molar-refractivity contribution < 1.29 is 33.8 Å². The second-order valence-electron chi connectivity index (χ2n) is 6.49. The van der Waals surface area contributed by atoms with Crippen LogP contribution in [0.25, 0.3) is 0 Å². The van der Waals surface area contributed by atoms with Crippen LogP contribution < -0.4 is 21.3 Å². The lowest BCUT2D eigenvalue weighted by molar-refractivity contribution is -0.138. The van der Waals surface area contributed by atoms with E-state index in [9.17, 15) is 24.0 Å². The van der Waals surface area contributed by atoms with Crippen molar-refractivity contribution in [1.29, 1.82) is 0 Å². The molecule has 0 aliphatic carbocycles. The number of rotatable bonds is 8. The predicted octanol–water partition coefficient (Wildman–Crippen LogP) is -1.28. The van der Waals surface area contributed by atoms with E-state index in [0.717, 1.165) is 0 Å². The van der Waals surface area contributed by atoms with Gasteiger partial charge in [-0.05, 0) is 34.6 Å². The third-order valence-electron chi connectivity index (χ3n) is 2.73. The standard InChI is InChI=1S/C15H26N4O7/c1-8(12(23)17-7-11(21)22)18-10(20)6-16-13(24)9(2)19-14(25)26-15(3,4)5/h8-9H,6-7H2,1-5H3,(H,16,24)(H,17,23)(H,18,20)(H,19,25)(H,21,22)/t8-,9-/m0/s1. The summed E-state index contributed by atoms with van der Waals surface area (Å²) in [5, 5.41) is 17.5. The minimum atomic E-state index is -1.21. The predicted molar refractivity (Wildman–Crippen MR) is 90.1 cm³/mol. The fourth-order valence-electron chi connectivity index (χ4n) is 1.54. The Morgan fingerprint density at radius 3 is 1.81 bits per heavy atom. The average molecular weight is 374 g/mol. The zero-order valence-corrected chi connectivity index (χ0v) is 15.5. The molecular weight excluding hydrogens is 348 g/mol. The highest BCUT2D eigenvalue weighted by molar-refractivity contribution is 5.92. The SMILES string of the molecule is C[C@H](NC(=O)CNC(=O)[C@H](C)NC(=O)OC(C)(C)C)C(=O)NCC(=O)O. The average Bonchev–Trinajstić information content (AvgIpc) is 2.47. The summed E-state index contributed by atoms with van der Waals surface area (Å²) in [6.45, 7) is 6.82. The highest BCUT2D eigenvalue weighted by atomic mass is 16.6. The number of carbonyl (C=O) groups is 5. The molecule has 0 aliphatic rings. The molecule has 0 heterocycles. The maximum absolute atomic E-state index is 11.8. The lowest BCUT2D eigenvalue weighted by atomic mass is 10.2. The van der Waals surface area contributed by atoms with Gasteiger partial charge in [0.15, 0.2) is 0 Å². The van der Waals surface area contributed by atoms with Crippen molar-refractivity contribution in [2.24, 2.45) is 0 Å². The van der Waals surface area contributed by atoms with E-state index in [2.05, 4.69) is 21.3 Å². The van der Waals surface area contributed by atoms with Gasteiger partial charge in [0, 0.05) is 0 Å². The molecule has 0 spiro atoms. The number of amides is 4. The summed E-state index contributed by atoms with van der Waals surface area (Å²) in [6.07, 6.45) is -0.770. The first kappa shape index (κ1) is 23.1. The van der Waals surface area contributed by atoms with Crippen LogP contribution in [0.4, 0.5) is 4.79 Å². The Morgan fingerprint density at radius 2 is 1.35 bits per heavy atom. The van der Waals surface area contributed by atoms with Crippen LogP contribution in [-0.4, -0.2) is 65.7 Å². The number of carboxylic acid groups (broad SMARTS) is 1. The molecule has 26 heavy (non-hydrogen) atoms. The van der Waals surface area contributed by atoms with Crippen LogP contribution in [0.5, 0.6) is 0 Å². The monoisotopic (exact) mass is 374 g/mol. The summed E-state index contributed by atoms with van der Waals surface area (Å²) in [4.78, 5) is 57.0. The molecule has 0 aromatic rings. The van der Waals surface area contributed by atoms with E-state index in [0.29, 0.717) is 0 Å². The number of alkyl carbamates (subject to hydrolysis) is 1. The molecule has 2 atom stereocenters. The van der Waals surface area contributed by atoms with Gasteiger partial charge in [-0.25, -0.2) is 4.79 Å². The van der Waals surface area contributed by atoms with Crippen LogP contribution in [0, 0.1) is 0 Å². The van der Waals surface area contributed by atoms with Crippen LogP contribution >= 0.6 is 0 Å². The fraction of sp³-hybridized carbons (Fsp3) is 0.667. The molecule has 11 heteroatoms. The van der Waals surface area contributed by atoms with Gasteiger partial charge in [0.1, 0.15) is 24.2 Å². The Balaban J connectivity index is 4.24. The first-order valence-electron chi connectivity index (χ1n) is 7.88. The molecule has 0 aliphatic heterocycles. The van der Waals surface area contributed by atoms with Crippen LogP contribution in [0.1, 0.15) is 34.6 Å². The van der Waals surface area contributed by atoms with Crippen molar-refractivity contribution in [3.63, 3.8) is 0 Å². The van der Waals surface area contributed by atoms with Crippen molar-refractivity contribution in [1.82, 2.24) is 21.3 Å². The molecule has 4 amide bonds. The number of nitrogens with one attached hydrogen (secondary N) is 4. The Kier molecular flexibility index (Phi) is 9.09. The van der Waals surface area contributed by atoms with Crippen molar-refractivity contribution in [3.8, 4) is 0 Å². The molecule has 11 nitrogen and oxygen atoms in total. The molecule has 5 N–H and O–H groups in total. The van der Waals surface area contributed by atoms with Crippen LogP contribution in [0.3, 0.4) is 0 Å². The molecule has 0 rings (SSSR count). The van der Waals surface area contributed by atoms with E-state index >= 15 is 0 Å². The van der Waals surface area contributed by atoms with Gasteiger partial charge in [0.25, 0.3) is 0 Å². The Labute approximate surface area is 151 Å². The normalized spacial score (nSPS) is 13.0. The van der Waals surface area contributed by atoms with Gasteiger partial charge in [-0.1, -0.05) is 0 Å². The third kappa shape index (κ3) is 10.8.